The van der Waals surface area contributed by atoms with Gasteiger partial charge < -0.3 is 9.84 Å². The fraction of sp³-hybridized carbons (Fsp3) is 0.688. The fourth-order valence-corrected chi connectivity index (χ4v) is 2.99. The molecule has 106 valence electrons. The summed E-state index contributed by atoms with van der Waals surface area (Å²) in [6.07, 6.45) is 8.48. The summed E-state index contributed by atoms with van der Waals surface area (Å²) in [5.41, 5.74) is 1.83. The molecule has 1 fully saturated rings. The van der Waals surface area contributed by atoms with Crippen LogP contribution >= 0.6 is 0 Å². The second-order valence-corrected chi connectivity index (χ2v) is 5.56. The van der Waals surface area contributed by atoms with E-state index >= 15 is 0 Å². The van der Waals surface area contributed by atoms with Gasteiger partial charge >= 0.3 is 0 Å². The molecule has 1 aromatic heterocycles. The Morgan fingerprint density at radius 2 is 2.05 bits per heavy atom. The number of aryl methyl sites for hydroxylation is 1. The van der Waals surface area contributed by atoms with Crippen LogP contribution in [0.15, 0.2) is 18.3 Å². The molecular formula is C16H25NO2. The highest BCUT2D eigenvalue weighted by molar-refractivity contribution is 5.15. The Hall–Kier alpha value is -0.930. The maximum atomic E-state index is 10.5. The van der Waals surface area contributed by atoms with E-state index in [0.29, 0.717) is 6.42 Å². The number of methoxy groups -OCH3 is 1. The van der Waals surface area contributed by atoms with E-state index in [4.69, 9.17) is 4.74 Å². The number of pyridine rings is 1. The number of ether oxygens (including phenoxy) is 1. The van der Waals surface area contributed by atoms with Crippen molar-refractivity contribution in [3.05, 3.63) is 29.6 Å². The van der Waals surface area contributed by atoms with Crippen molar-refractivity contribution in [2.45, 2.75) is 63.6 Å². The molecule has 1 aliphatic rings. The average molecular weight is 263 g/mol. The Kier molecular flexibility index (Phi) is 4.94. The molecule has 1 heterocycles. The predicted octanol–water partition coefficient (Wildman–Crippen LogP) is 2.90. The van der Waals surface area contributed by atoms with E-state index in [0.717, 1.165) is 37.8 Å². The summed E-state index contributed by atoms with van der Waals surface area (Å²) in [7, 11) is 1.72. The van der Waals surface area contributed by atoms with Crippen molar-refractivity contribution >= 4 is 0 Å². The summed E-state index contributed by atoms with van der Waals surface area (Å²) in [5.74, 6) is 0. The van der Waals surface area contributed by atoms with Crippen LogP contribution in [-0.4, -0.2) is 28.9 Å². The molecule has 3 nitrogen and oxygen atoms in total. The number of hydrogen-bond acceptors (Lipinski definition) is 3. The molecule has 3 heteroatoms. The summed E-state index contributed by atoms with van der Waals surface area (Å²) < 4.78 is 5.68. The summed E-state index contributed by atoms with van der Waals surface area (Å²) in [6.45, 7) is 2.12. The smallest absolute Gasteiger partial charge is 0.0940 e. The lowest BCUT2D eigenvalue weighted by Crippen LogP contribution is -2.47. The van der Waals surface area contributed by atoms with Gasteiger partial charge in [-0.25, -0.2) is 0 Å². The summed E-state index contributed by atoms with van der Waals surface area (Å²) in [5, 5.41) is 10.5. The zero-order chi connectivity index (χ0) is 13.7. The molecule has 1 atom stereocenters. The first-order chi connectivity index (χ1) is 9.20. The quantitative estimate of drug-likeness (QED) is 0.888. The van der Waals surface area contributed by atoms with Gasteiger partial charge in [0, 0.05) is 25.4 Å². The Balaban J connectivity index is 2.03. The minimum Gasteiger partial charge on any atom is -0.390 e. The van der Waals surface area contributed by atoms with E-state index in [1.165, 1.54) is 12.0 Å². The van der Waals surface area contributed by atoms with Gasteiger partial charge in [-0.2, -0.15) is 0 Å². The van der Waals surface area contributed by atoms with Crippen LogP contribution in [0.4, 0.5) is 0 Å². The molecule has 1 unspecified atom stereocenters. The molecule has 0 radical (unpaired) electrons. The third kappa shape index (κ3) is 3.34. The molecule has 1 aromatic rings. The normalized spacial score (nSPS) is 20.2. The zero-order valence-corrected chi connectivity index (χ0v) is 12.1. The lowest BCUT2D eigenvalue weighted by atomic mass is 9.79. The van der Waals surface area contributed by atoms with Gasteiger partial charge in [-0.3, -0.25) is 4.98 Å². The first-order valence-electron chi connectivity index (χ1n) is 7.37. The first kappa shape index (κ1) is 14.5. The van der Waals surface area contributed by atoms with E-state index in [9.17, 15) is 5.11 Å². The molecule has 0 aromatic carbocycles. The van der Waals surface area contributed by atoms with Crippen molar-refractivity contribution in [2.24, 2.45) is 0 Å². The maximum Gasteiger partial charge on any atom is 0.0940 e. The molecule has 1 aliphatic carbocycles. The molecule has 1 saturated carbocycles. The second-order valence-electron chi connectivity index (χ2n) is 5.56. The summed E-state index contributed by atoms with van der Waals surface area (Å²) in [4.78, 5) is 4.43. The minimum absolute atomic E-state index is 0.358. The van der Waals surface area contributed by atoms with Crippen LogP contribution in [0.3, 0.4) is 0 Å². The van der Waals surface area contributed by atoms with Crippen molar-refractivity contribution in [1.82, 2.24) is 4.98 Å². The van der Waals surface area contributed by atoms with Crippen LogP contribution in [0, 0.1) is 0 Å². The Morgan fingerprint density at radius 3 is 2.58 bits per heavy atom. The van der Waals surface area contributed by atoms with Gasteiger partial charge in [0.05, 0.1) is 11.7 Å². The summed E-state index contributed by atoms with van der Waals surface area (Å²) in [6, 6.07) is 4.11. The van der Waals surface area contributed by atoms with E-state index < -0.39 is 6.10 Å². The molecule has 0 aliphatic heterocycles. The zero-order valence-electron chi connectivity index (χ0n) is 12.1. The largest absolute Gasteiger partial charge is 0.390 e. The Morgan fingerprint density at radius 1 is 1.32 bits per heavy atom. The standard InChI is InChI=1S/C16H25NO2/c1-3-13-7-8-14(17-12-13)11-15(18)16(19-2)9-5-4-6-10-16/h7-8,12,15,18H,3-6,9-11H2,1-2H3. The van der Waals surface area contributed by atoms with Gasteiger partial charge in [0.2, 0.25) is 0 Å². The molecule has 19 heavy (non-hydrogen) atoms. The SMILES string of the molecule is CCc1ccc(CC(O)C2(OC)CCCCC2)nc1. The third-order valence-electron chi connectivity index (χ3n) is 4.41. The van der Waals surface area contributed by atoms with Crippen molar-refractivity contribution < 1.29 is 9.84 Å². The van der Waals surface area contributed by atoms with E-state index in [2.05, 4.69) is 18.0 Å². The molecule has 0 spiro atoms. The number of aliphatic hydroxyl groups is 1. The molecular weight excluding hydrogens is 238 g/mol. The van der Waals surface area contributed by atoms with Gasteiger partial charge in [0.15, 0.2) is 0 Å². The fourth-order valence-electron chi connectivity index (χ4n) is 2.99. The van der Waals surface area contributed by atoms with Crippen LogP contribution in [0.25, 0.3) is 0 Å². The second kappa shape index (κ2) is 6.49. The highest BCUT2D eigenvalue weighted by atomic mass is 16.5. The number of hydrogen-bond donors (Lipinski definition) is 1. The molecule has 2 rings (SSSR count). The summed E-state index contributed by atoms with van der Waals surface area (Å²) >= 11 is 0. The molecule has 0 bridgehead atoms. The first-order valence-corrected chi connectivity index (χ1v) is 7.37. The van der Waals surface area contributed by atoms with Crippen LogP contribution in [0.5, 0.6) is 0 Å². The monoisotopic (exact) mass is 263 g/mol. The number of aliphatic hydroxyl groups excluding tert-OH is 1. The highest BCUT2D eigenvalue weighted by Crippen LogP contribution is 2.35. The van der Waals surface area contributed by atoms with Crippen molar-refractivity contribution in [1.29, 1.82) is 0 Å². The average Bonchev–Trinajstić information content (AvgIpc) is 2.48. The maximum absolute atomic E-state index is 10.5. The van der Waals surface area contributed by atoms with Gasteiger partial charge in [0.25, 0.3) is 0 Å². The van der Waals surface area contributed by atoms with Crippen molar-refractivity contribution in [3.63, 3.8) is 0 Å². The number of aromatic nitrogens is 1. The third-order valence-corrected chi connectivity index (χ3v) is 4.41. The van der Waals surface area contributed by atoms with Crippen molar-refractivity contribution in [2.75, 3.05) is 7.11 Å². The van der Waals surface area contributed by atoms with E-state index in [1.807, 2.05) is 12.3 Å². The molecule has 1 N–H and O–H groups in total. The van der Waals surface area contributed by atoms with Gasteiger partial charge in [-0.15, -0.1) is 0 Å². The van der Waals surface area contributed by atoms with E-state index in [1.54, 1.807) is 7.11 Å². The topological polar surface area (TPSA) is 42.4 Å². The van der Waals surface area contributed by atoms with Crippen LogP contribution < -0.4 is 0 Å². The lowest BCUT2D eigenvalue weighted by Gasteiger charge is -2.39. The number of nitrogens with zero attached hydrogens (tertiary/aromatic N) is 1. The Labute approximate surface area is 116 Å². The van der Waals surface area contributed by atoms with Gasteiger partial charge in [-0.05, 0) is 30.9 Å². The van der Waals surface area contributed by atoms with Crippen molar-refractivity contribution in [3.8, 4) is 0 Å². The van der Waals surface area contributed by atoms with Crippen LogP contribution in [0.1, 0.15) is 50.3 Å². The van der Waals surface area contributed by atoms with Crippen LogP contribution in [-0.2, 0) is 17.6 Å². The molecule has 0 saturated heterocycles. The van der Waals surface area contributed by atoms with Gasteiger partial charge in [-0.1, -0.05) is 32.3 Å². The molecule has 0 amide bonds. The van der Waals surface area contributed by atoms with E-state index in [-0.39, 0.29) is 5.60 Å². The van der Waals surface area contributed by atoms with Crippen LogP contribution in [0.2, 0.25) is 0 Å². The van der Waals surface area contributed by atoms with Gasteiger partial charge in [0.1, 0.15) is 0 Å². The Bertz CT molecular complexity index is 382. The minimum atomic E-state index is -0.460. The lowest BCUT2D eigenvalue weighted by molar-refractivity contribution is -0.122. The number of rotatable bonds is 5. The highest BCUT2D eigenvalue weighted by Gasteiger charge is 2.39. The predicted molar refractivity (Wildman–Crippen MR) is 76.2 cm³/mol.